The molecule has 1 N–H and O–H groups in total. The summed E-state index contributed by atoms with van der Waals surface area (Å²) in [6, 6.07) is 8.24. The monoisotopic (exact) mass is 452 g/mol. The van der Waals surface area contributed by atoms with Crippen molar-refractivity contribution in [1.29, 1.82) is 0 Å². The molecule has 0 aliphatic carbocycles. The first kappa shape index (κ1) is 22.3. The number of benzene rings is 2. The molecule has 31 heavy (non-hydrogen) atoms. The largest absolute Gasteiger partial charge is 0.400 e. The molecule has 0 bridgehead atoms. The minimum Gasteiger partial charge on any atom is -0.315 e. The van der Waals surface area contributed by atoms with Gasteiger partial charge < -0.3 is 5.32 Å². The number of nitrogens with zero attached hydrogens (tertiary/aromatic N) is 1. The molecule has 4 rings (SSSR count). The first-order valence-electron chi connectivity index (χ1n) is 10.4. The van der Waals surface area contributed by atoms with Gasteiger partial charge in [0, 0.05) is 30.6 Å². The Bertz CT molecular complexity index is 1030. The van der Waals surface area contributed by atoms with Gasteiger partial charge in [0.25, 0.3) is 0 Å². The van der Waals surface area contributed by atoms with Crippen LogP contribution < -0.4 is 5.32 Å². The molecule has 0 aromatic heterocycles. The Balaban J connectivity index is 1.72. The molecule has 2 aliphatic heterocycles. The van der Waals surface area contributed by atoms with Gasteiger partial charge in [0.05, 0.1) is 11.6 Å². The van der Waals surface area contributed by atoms with Gasteiger partial charge in [-0.05, 0) is 53.3 Å². The van der Waals surface area contributed by atoms with Gasteiger partial charge in [-0.15, -0.1) is 0 Å². The summed E-state index contributed by atoms with van der Waals surface area (Å²) in [4.78, 5) is 4.33. The van der Waals surface area contributed by atoms with E-state index < -0.39 is 24.0 Å². The SMILES string of the molecule is CCc1cc(C2=NC[C@@](c3cc(C)c(F)c(Cl)c3)(C(F)(F)F)C2)ccc1C1(C)CNC1. The van der Waals surface area contributed by atoms with Crippen LogP contribution in [0.4, 0.5) is 17.6 Å². The van der Waals surface area contributed by atoms with E-state index in [1.165, 1.54) is 18.6 Å². The molecule has 166 valence electrons. The standard InChI is InChI=1S/C24H25ClF4N2/c1-4-15-8-16(5-6-18(15)22(3)11-30-12-22)20-10-23(13-31-20,24(27,28)29)17-7-14(2)21(26)19(25)9-17/h5-9,30H,4,10-13H2,1-3H3/t23-/m0/s1. The molecule has 0 spiro atoms. The van der Waals surface area contributed by atoms with Crippen LogP contribution in [0.1, 0.15) is 48.1 Å². The molecular formula is C24H25ClF4N2. The van der Waals surface area contributed by atoms with Gasteiger partial charge in [0.2, 0.25) is 0 Å². The second-order valence-corrected chi connectivity index (χ2v) is 9.41. The van der Waals surface area contributed by atoms with Crippen molar-refractivity contribution in [3.05, 3.63) is 69.0 Å². The summed E-state index contributed by atoms with van der Waals surface area (Å²) in [6.45, 7) is 7.02. The predicted octanol–water partition coefficient (Wildman–Crippen LogP) is 5.90. The fourth-order valence-corrected chi connectivity index (χ4v) is 4.98. The zero-order valence-corrected chi connectivity index (χ0v) is 18.5. The molecule has 0 saturated carbocycles. The van der Waals surface area contributed by atoms with Gasteiger partial charge in [-0.25, -0.2) is 4.39 Å². The summed E-state index contributed by atoms with van der Waals surface area (Å²) >= 11 is 5.90. The van der Waals surface area contributed by atoms with Gasteiger partial charge in [0.1, 0.15) is 11.2 Å². The van der Waals surface area contributed by atoms with Crippen LogP contribution in [0, 0.1) is 12.7 Å². The summed E-state index contributed by atoms with van der Waals surface area (Å²) in [5.74, 6) is -0.691. The minimum absolute atomic E-state index is 0.0389. The zero-order chi connectivity index (χ0) is 22.6. The van der Waals surface area contributed by atoms with Crippen LogP contribution >= 0.6 is 11.6 Å². The summed E-state index contributed by atoms with van der Waals surface area (Å²) in [7, 11) is 0. The lowest BCUT2D eigenvalue weighted by atomic mass is 9.73. The maximum Gasteiger partial charge on any atom is 0.400 e. The van der Waals surface area contributed by atoms with Crippen LogP contribution in [0.2, 0.25) is 5.02 Å². The Morgan fingerprint density at radius 2 is 1.87 bits per heavy atom. The molecule has 1 atom stereocenters. The highest BCUT2D eigenvalue weighted by Gasteiger charge is 2.58. The van der Waals surface area contributed by atoms with Crippen LogP contribution in [0.25, 0.3) is 0 Å². The number of hydrogen-bond acceptors (Lipinski definition) is 2. The Labute approximate surface area is 184 Å². The van der Waals surface area contributed by atoms with Crippen molar-refractivity contribution in [2.45, 2.75) is 50.6 Å². The number of rotatable bonds is 4. The first-order valence-corrected chi connectivity index (χ1v) is 10.8. The molecule has 2 aliphatic rings. The van der Waals surface area contributed by atoms with Crippen LogP contribution in [0.5, 0.6) is 0 Å². The van der Waals surface area contributed by atoms with Crippen LogP contribution in [-0.2, 0) is 17.3 Å². The van der Waals surface area contributed by atoms with Gasteiger partial charge in [-0.1, -0.05) is 43.6 Å². The van der Waals surface area contributed by atoms with Crippen molar-refractivity contribution in [3.63, 3.8) is 0 Å². The van der Waals surface area contributed by atoms with Crippen LogP contribution in [0.15, 0.2) is 35.3 Å². The van der Waals surface area contributed by atoms with Gasteiger partial charge in [0.15, 0.2) is 0 Å². The molecule has 0 amide bonds. The lowest BCUT2D eigenvalue weighted by Gasteiger charge is -2.41. The second kappa shape index (κ2) is 7.59. The van der Waals surface area contributed by atoms with Crippen molar-refractivity contribution in [1.82, 2.24) is 5.32 Å². The van der Waals surface area contributed by atoms with Crippen molar-refractivity contribution in [2.75, 3.05) is 19.6 Å². The Kier molecular flexibility index (Phi) is 5.46. The van der Waals surface area contributed by atoms with E-state index in [9.17, 15) is 17.6 Å². The second-order valence-electron chi connectivity index (χ2n) is 9.00. The number of hydrogen-bond donors (Lipinski definition) is 1. The third-order valence-electron chi connectivity index (χ3n) is 6.81. The van der Waals surface area contributed by atoms with E-state index in [2.05, 4.69) is 24.2 Å². The van der Waals surface area contributed by atoms with Gasteiger partial charge in [-0.3, -0.25) is 4.99 Å². The summed E-state index contributed by atoms with van der Waals surface area (Å²) < 4.78 is 57.0. The van der Waals surface area contributed by atoms with Crippen molar-refractivity contribution >= 4 is 17.3 Å². The highest BCUT2D eigenvalue weighted by atomic mass is 35.5. The smallest absolute Gasteiger partial charge is 0.315 e. The van der Waals surface area contributed by atoms with E-state index in [0.29, 0.717) is 11.3 Å². The van der Waals surface area contributed by atoms with Crippen LogP contribution in [-0.4, -0.2) is 31.5 Å². The summed E-state index contributed by atoms with van der Waals surface area (Å²) in [5.41, 5.74) is 1.41. The molecule has 2 aromatic carbocycles. The normalized spacial score (nSPS) is 22.9. The lowest BCUT2D eigenvalue weighted by molar-refractivity contribution is -0.183. The maximum absolute atomic E-state index is 14.4. The summed E-state index contributed by atoms with van der Waals surface area (Å²) in [6.07, 6.45) is -4.05. The molecule has 2 nitrogen and oxygen atoms in total. The van der Waals surface area contributed by atoms with E-state index in [-0.39, 0.29) is 28.0 Å². The third kappa shape index (κ3) is 3.58. The molecule has 0 radical (unpaired) electrons. The zero-order valence-electron chi connectivity index (χ0n) is 17.8. The number of alkyl halides is 3. The fourth-order valence-electron chi connectivity index (χ4n) is 4.72. The molecular weight excluding hydrogens is 428 g/mol. The number of halogens is 5. The van der Waals surface area contributed by atoms with E-state index in [4.69, 9.17) is 11.6 Å². The average molecular weight is 453 g/mol. The Morgan fingerprint density at radius 3 is 2.42 bits per heavy atom. The third-order valence-corrected chi connectivity index (χ3v) is 7.09. The molecule has 0 unspecified atom stereocenters. The fraction of sp³-hybridized carbons (Fsp3) is 0.458. The maximum atomic E-state index is 14.4. The Morgan fingerprint density at radius 1 is 1.16 bits per heavy atom. The topological polar surface area (TPSA) is 24.4 Å². The predicted molar refractivity (Wildman–Crippen MR) is 116 cm³/mol. The molecule has 7 heteroatoms. The number of nitrogens with one attached hydrogen (secondary N) is 1. The van der Waals surface area contributed by atoms with E-state index in [0.717, 1.165) is 31.1 Å². The quantitative estimate of drug-likeness (QED) is 0.573. The minimum atomic E-state index is -4.55. The first-order chi connectivity index (χ1) is 14.5. The molecule has 1 saturated heterocycles. The van der Waals surface area contributed by atoms with Crippen LogP contribution in [0.3, 0.4) is 0 Å². The highest BCUT2D eigenvalue weighted by Crippen LogP contribution is 2.49. The Hall–Kier alpha value is -1.92. The van der Waals surface area contributed by atoms with E-state index in [1.807, 2.05) is 18.2 Å². The number of aliphatic imine (C=N–C) groups is 1. The van der Waals surface area contributed by atoms with Gasteiger partial charge in [-0.2, -0.15) is 13.2 Å². The molecule has 2 aromatic rings. The van der Waals surface area contributed by atoms with Crippen molar-refractivity contribution < 1.29 is 17.6 Å². The highest BCUT2D eigenvalue weighted by molar-refractivity contribution is 6.30. The molecule has 1 fully saturated rings. The van der Waals surface area contributed by atoms with E-state index >= 15 is 0 Å². The molecule has 2 heterocycles. The van der Waals surface area contributed by atoms with Crippen molar-refractivity contribution in [2.24, 2.45) is 4.99 Å². The average Bonchev–Trinajstić information content (AvgIpc) is 3.16. The van der Waals surface area contributed by atoms with E-state index in [1.54, 1.807) is 0 Å². The summed E-state index contributed by atoms with van der Waals surface area (Å²) in [5, 5.41) is 2.99. The lowest BCUT2D eigenvalue weighted by Crippen LogP contribution is -2.55. The van der Waals surface area contributed by atoms with Crippen molar-refractivity contribution in [3.8, 4) is 0 Å². The van der Waals surface area contributed by atoms with Gasteiger partial charge >= 0.3 is 6.18 Å². The number of aryl methyl sites for hydroxylation is 2.